The van der Waals surface area contributed by atoms with Crippen molar-refractivity contribution in [3.05, 3.63) is 54.7 Å². The van der Waals surface area contributed by atoms with Gasteiger partial charge in [0.2, 0.25) is 0 Å². The van der Waals surface area contributed by atoms with Crippen molar-refractivity contribution in [1.82, 2.24) is 5.32 Å². The highest BCUT2D eigenvalue weighted by Crippen LogP contribution is 2.25. The molecule has 0 aliphatic carbocycles. The van der Waals surface area contributed by atoms with Crippen LogP contribution in [-0.2, 0) is 0 Å². The molecule has 3 heteroatoms. The Labute approximate surface area is 106 Å². The van der Waals surface area contributed by atoms with Crippen LogP contribution in [0.1, 0.15) is 13.3 Å². The maximum Gasteiger partial charge on any atom is 0.416 e. The molecule has 92 valence electrons. The number of hydrogen-bond acceptors (Lipinski definition) is 2. The van der Waals surface area contributed by atoms with E-state index in [4.69, 9.17) is 4.74 Å². The predicted octanol–water partition coefficient (Wildman–Crippen LogP) is 3.85. The van der Waals surface area contributed by atoms with Crippen LogP contribution in [-0.4, -0.2) is 6.09 Å². The minimum atomic E-state index is -0.476. The lowest BCUT2D eigenvalue weighted by molar-refractivity contribution is 0.205. The third-order valence-corrected chi connectivity index (χ3v) is 2.51. The van der Waals surface area contributed by atoms with Gasteiger partial charge in [-0.05, 0) is 17.9 Å². The Morgan fingerprint density at radius 3 is 2.83 bits per heavy atom. The lowest BCUT2D eigenvalue weighted by atomic mass is 10.1. The number of carbonyl (C=O) groups is 1. The molecule has 0 saturated heterocycles. The van der Waals surface area contributed by atoms with Gasteiger partial charge in [-0.2, -0.15) is 0 Å². The zero-order valence-corrected chi connectivity index (χ0v) is 10.2. The van der Waals surface area contributed by atoms with Gasteiger partial charge in [0.15, 0.2) is 0 Å². The molecule has 2 aromatic carbocycles. The van der Waals surface area contributed by atoms with Gasteiger partial charge < -0.3 is 4.74 Å². The summed E-state index contributed by atoms with van der Waals surface area (Å²) < 4.78 is 5.27. The molecule has 0 unspecified atom stereocenters. The molecule has 1 N–H and O–H groups in total. The largest absolute Gasteiger partial charge is 0.416 e. The van der Waals surface area contributed by atoms with E-state index in [2.05, 4.69) is 5.32 Å². The van der Waals surface area contributed by atoms with E-state index < -0.39 is 6.09 Å². The van der Waals surface area contributed by atoms with Crippen molar-refractivity contribution in [2.24, 2.45) is 0 Å². The Kier molecular flexibility index (Phi) is 3.97. The maximum atomic E-state index is 11.5. The molecule has 0 bridgehead atoms. The van der Waals surface area contributed by atoms with E-state index in [1.54, 1.807) is 12.3 Å². The van der Waals surface area contributed by atoms with E-state index in [1.807, 2.05) is 49.4 Å². The summed E-state index contributed by atoms with van der Waals surface area (Å²) in [6.45, 7) is 1.99. The number of fused-ring (bicyclic) bond motifs is 1. The summed E-state index contributed by atoms with van der Waals surface area (Å²) in [7, 11) is 0. The van der Waals surface area contributed by atoms with Crippen molar-refractivity contribution in [3.63, 3.8) is 0 Å². The monoisotopic (exact) mass is 241 g/mol. The van der Waals surface area contributed by atoms with E-state index in [0.29, 0.717) is 5.75 Å². The quantitative estimate of drug-likeness (QED) is 0.886. The summed E-state index contributed by atoms with van der Waals surface area (Å²) in [5, 5.41) is 4.53. The van der Waals surface area contributed by atoms with Crippen molar-refractivity contribution < 1.29 is 9.53 Å². The smallest absolute Gasteiger partial charge is 0.409 e. The van der Waals surface area contributed by atoms with Gasteiger partial charge in [0.1, 0.15) is 5.75 Å². The predicted molar refractivity (Wildman–Crippen MR) is 72.5 cm³/mol. The standard InChI is InChI=1S/C15H15NO2/c1-2-3-11-16-15(17)18-14-10-6-8-12-7-4-5-9-13(12)14/h3-11H,2H2,1H3,(H,16,17). The van der Waals surface area contributed by atoms with Crippen LogP contribution in [0.15, 0.2) is 54.7 Å². The highest BCUT2D eigenvalue weighted by atomic mass is 16.6. The first kappa shape index (κ1) is 12.2. The molecule has 0 aromatic heterocycles. The number of amides is 1. The zero-order chi connectivity index (χ0) is 12.8. The molecule has 0 heterocycles. The van der Waals surface area contributed by atoms with Gasteiger partial charge in [-0.25, -0.2) is 4.79 Å². The second kappa shape index (κ2) is 5.87. The Morgan fingerprint density at radius 2 is 2.00 bits per heavy atom. The third-order valence-electron chi connectivity index (χ3n) is 2.51. The second-order valence-electron chi connectivity index (χ2n) is 3.82. The van der Waals surface area contributed by atoms with Crippen LogP contribution in [0.3, 0.4) is 0 Å². The Morgan fingerprint density at radius 1 is 1.22 bits per heavy atom. The molecule has 0 saturated carbocycles. The first-order valence-electron chi connectivity index (χ1n) is 5.92. The van der Waals surface area contributed by atoms with E-state index in [0.717, 1.165) is 17.2 Å². The van der Waals surface area contributed by atoms with E-state index in [-0.39, 0.29) is 0 Å². The number of benzene rings is 2. The molecule has 3 nitrogen and oxygen atoms in total. The molecular weight excluding hydrogens is 226 g/mol. The van der Waals surface area contributed by atoms with Crippen molar-refractivity contribution in [1.29, 1.82) is 0 Å². The molecule has 0 radical (unpaired) electrons. The molecule has 0 spiro atoms. The lowest BCUT2D eigenvalue weighted by Crippen LogP contribution is -2.21. The van der Waals surface area contributed by atoms with Gasteiger partial charge in [0.25, 0.3) is 0 Å². The number of carbonyl (C=O) groups excluding carboxylic acids is 1. The summed E-state index contributed by atoms with van der Waals surface area (Å²) in [6, 6.07) is 13.4. The fraction of sp³-hybridized carbons (Fsp3) is 0.133. The van der Waals surface area contributed by atoms with Gasteiger partial charge in [0.05, 0.1) is 0 Å². The fourth-order valence-corrected chi connectivity index (χ4v) is 1.66. The van der Waals surface area contributed by atoms with Crippen LogP contribution in [0, 0.1) is 0 Å². The number of rotatable bonds is 3. The van der Waals surface area contributed by atoms with Crippen molar-refractivity contribution in [2.45, 2.75) is 13.3 Å². The number of ether oxygens (including phenoxy) is 1. The average Bonchev–Trinajstić information content (AvgIpc) is 2.39. The van der Waals surface area contributed by atoms with E-state index >= 15 is 0 Å². The first-order chi connectivity index (χ1) is 8.81. The summed E-state index contributed by atoms with van der Waals surface area (Å²) in [5.74, 6) is 0.565. The van der Waals surface area contributed by atoms with Gasteiger partial charge in [-0.1, -0.05) is 49.4 Å². The number of hydrogen-bond donors (Lipinski definition) is 1. The van der Waals surface area contributed by atoms with Crippen LogP contribution < -0.4 is 10.1 Å². The fourth-order valence-electron chi connectivity index (χ4n) is 1.66. The van der Waals surface area contributed by atoms with Gasteiger partial charge in [-0.15, -0.1) is 0 Å². The molecule has 2 rings (SSSR count). The minimum Gasteiger partial charge on any atom is -0.409 e. The van der Waals surface area contributed by atoms with Gasteiger partial charge in [-0.3, -0.25) is 5.32 Å². The van der Waals surface area contributed by atoms with Crippen LogP contribution in [0.2, 0.25) is 0 Å². The lowest BCUT2D eigenvalue weighted by Gasteiger charge is -2.06. The van der Waals surface area contributed by atoms with Crippen molar-refractivity contribution in [3.8, 4) is 5.75 Å². The van der Waals surface area contributed by atoms with Crippen molar-refractivity contribution >= 4 is 16.9 Å². The van der Waals surface area contributed by atoms with Gasteiger partial charge in [0, 0.05) is 11.6 Å². The molecule has 18 heavy (non-hydrogen) atoms. The van der Waals surface area contributed by atoms with E-state index in [9.17, 15) is 4.79 Å². The Hall–Kier alpha value is -2.29. The highest BCUT2D eigenvalue weighted by Gasteiger charge is 2.05. The second-order valence-corrected chi connectivity index (χ2v) is 3.82. The van der Waals surface area contributed by atoms with E-state index in [1.165, 1.54) is 0 Å². The summed E-state index contributed by atoms with van der Waals surface area (Å²) in [4.78, 5) is 11.5. The SMILES string of the molecule is CCC=CNC(=O)Oc1cccc2ccccc12. The minimum absolute atomic E-state index is 0.476. The third kappa shape index (κ3) is 2.88. The number of allylic oxidation sites excluding steroid dienone is 1. The summed E-state index contributed by atoms with van der Waals surface area (Å²) in [6.07, 6.45) is 3.84. The molecule has 0 aliphatic heterocycles. The van der Waals surface area contributed by atoms with Crippen LogP contribution in [0.25, 0.3) is 10.8 Å². The molecular formula is C15H15NO2. The molecule has 0 atom stereocenters. The van der Waals surface area contributed by atoms with Crippen LogP contribution in [0.5, 0.6) is 5.75 Å². The highest BCUT2D eigenvalue weighted by molar-refractivity contribution is 5.90. The Balaban J connectivity index is 2.16. The molecule has 0 fully saturated rings. The zero-order valence-electron chi connectivity index (χ0n) is 10.2. The molecule has 2 aromatic rings. The molecule has 1 amide bonds. The average molecular weight is 241 g/mol. The molecule has 0 aliphatic rings. The Bertz CT molecular complexity index is 570. The van der Waals surface area contributed by atoms with Crippen LogP contribution in [0.4, 0.5) is 4.79 Å². The van der Waals surface area contributed by atoms with Crippen LogP contribution >= 0.6 is 0 Å². The summed E-state index contributed by atoms with van der Waals surface area (Å²) in [5.41, 5.74) is 0. The van der Waals surface area contributed by atoms with Gasteiger partial charge >= 0.3 is 6.09 Å². The normalized spacial score (nSPS) is 10.7. The maximum absolute atomic E-state index is 11.5. The first-order valence-corrected chi connectivity index (χ1v) is 5.92. The summed E-state index contributed by atoms with van der Waals surface area (Å²) >= 11 is 0. The topological polar surface area (TPSA) is 38.3 Å². The number of nitrogens with one attached hydrogen (secondary N) is 1. The van der Waals surface area contributed by atoms with Crippen molar-refractivity contribution in [2.75, 3.05) is 0 Å².